The van der Waals surface area contributed by atoms with Crippen LogP contribution < -0.4 is 4.74 Å². The van der Waals surface area contributed by atoms with E-state index in [0.29, 0.717) is 0 Å². The lowest BCUT2D eigenvalue weighted by Crippen LogP contribution is -2.17. The third-order valence-corrected chi connectivity index (χ3v) is 2.91. The Balaban J connectivity index is 2.01. The van der Waals surface area contributed by atoms with Gasteiger partial charge in [-0.15, -0.1) is 0 Å². The van der Waals surface area contributed by atoms with Gasteiger partial charge in [-0.1, -0.05) is 12.1 Å². The summed E-state index contributed by atoms with van der Waals surface area (Å²) in [5, 5.41) is 10.1. The summed E-state index contributed by atoms with van der Waals surface area (Å²) in [7, 11) is 0. The number of rotatable bonds is 4. The van der Waals surface area contributed by atoms with E-state index in [1.165, 1.54) is 0 Å². The van der Waals surface area contributed by atoms with Crippen molar-refractivity contribution in [2.75, 3.05) is 6.61 Å². The maximum Gasteiger partial charge on any atom is 0.119 e. The van der Waals surface area contributed by atoms with E-state index in [2.05, 4.69) is 0 Å². The van der Waals surface area contributed by atoms with E-state index in [-0.39, 0.29) is 12.2 Å². The van der Waals surface area contributed by atoms with Crippen molar-refractivity contribution in [3.05, 3.63) is 29.8 Å². The summed E-state index contributed by atoms with van der Waals surface area (Å²) in [6.45, 7) is 4.75. The number of aliphatic hydroxyl groups is 1. The molecule has 0 amide bonds. The minimum Gasteiger partial charge on any atom is -0.491 e. The van der Waals surface area contributed by atoms with E-state index in [1.807, 2.05) is 38.1 Å². The van der Waals surface area contributed by atoms with Crippen molar-refractivity contribution in [1.82, 2.24) is 0 Å². The van der Waals surface area contributed by atoms with Crippen molar-refractivity contribution < 1.29 is 14.6 Å². The van der Waals surface area contributed by atoms with Crippen molar-refractivity contribution in [1.29, 1.82) is 0 Å². The highest BCUT2D eigenvalue weighted by atomic mass is 16.5. The van der Waals surface area contributed by atoms with Crippen LogP contribution in [0.3, 0.4) is 0 Å². The molecule has 94 valence electrons. The Morgan fingerprint density at radius 1 is 1.29 bits per heavy atom. The van der Waals surface area contributed by atoms with Gasteiger partial charge in [0.25, 0.3) is 0 Å². The minimum absolute atomic E-state index is 0.0492. The maximum absolute atomic E-state index is 10.1. The van der Waals surface area contributed by atoms with E-state index in [1.54, 1.807) is 0 Å². The fourth-order valence-electron chi connectivity index (χ4n) is 2.08. The molecule has 1 aromatic rings. The van der Waals surface area contributed by atoms with Gasteiger partial charge < -0.3 is 14.6 Å². The largest absolute Gasteiger partial charge is 0.491 e. The lowest BCUT2D eigenvalue weighted by molar-refractivity contribution is -0.00261. The summed E-state index contributed by atoms with van der Waals surface area (Å²) in [5.74, 6) is 0.836. The zero-order valence-corrected chi connectivity index (χ0v) is 10.4. The van der Waals surface area contributed by atoms with Crippen LogP contribution in [-0.4, -0.2) is 23.9 Å². The highest BCUT2D eigenvalue weighted by Gasteiger charge is 2.25. The van der Waals surface area contributed by atoms with Gasteiger partial charge in [0, 0.05) is 6.61 Å². The van der Waals surface area contributed by atoms with Crippen LogP contribution in [-0.2, 0) is 4.74 Å². The summed E-state index contributed by atoms with van der Waals surface area (Å²) >= 11 is 0. The maximum atomic E-state index is 10.1. The fraction of sp³-hybridized carbons (Fsp3) is 0.571. The van der Waals surface area contributed by atoms with E-state index >= 15 is 0 Å². The first-order valence-electron chi connectivity index (χ1n) is 6.23. The predicted molar refractivity (Wildman–Crippen MR) is 66.1 cm³/mol. The summed E-state index contributed by atoms with van der Waals surface area (Å²) in [6.07, 6.45) is 1.57. The molecule has 2 rings (SSSR count). The molecular weight excluding hydrogens is 216 g/mol. The number of benzene rings is 1. The Labute approximate surface area is 102 Å². The van der Waals surface area contributed by atoms with Gasteiger partial charge in [0.05, 0.1) is 12.2 Å². The Morgan fingerprint density at radius 3 is 2.53 bits per heavy atom. The zero-order chi connectivity index (χ0) is 12.3. The second kappa shape index (κ2) is 5.52. The molecule has 3 nitrogen and oxygen atoms in total. The van der Waals surface area contributed by atoms with Gasteiger partial charge in [-0.25, -0.2) is 0 Å². The Kier molecular flexibility index (Phi) is 4.02. The Hall–Kier alpha value is -1.06. The van der Waals surface area contributed by atoms with Crippen molar-refractivity contribution in [2.45, 2.75) is 45.0 Å². The molecule has 0 radical (unpaired) electrons. The van der Waals surface area contributed by atoms with Crippen LogP contribution in [0.4, 0.5) is 0 Å². The molecule has 0 aromatic heterocycles. The molecule has 0 saturated carbocycles. The molecule has 0 aliphatic carbocycles. The highest BCUT2D eigenvalue weighted by Crippen LogP contribution is 2.27. The van der Waals surface area contributed by atoms with Gasteiger partial charge in [-0.2, -0.15) is 0 Å². The van der Waals surface area contributed by atoms with Crippen molar-refractivity contribution in [3.8, 4) is 5.75 Å². The van der Waals surface area contributed by atoms with E-state index in [0.717, 1.165) is 30.8 Å². The molecule has 0 spiro atoms. The topological polar surface area (TPSA) is 38.7 Å². The first-order valence-corrected chi connectivity index (χ1v) is 6.23. The van der Waals surface area contributed by atoms with Gasteiger partial charge in [0.2, 0.25) is 0 Å². The third-order valence-electron chi connectivity index (χ3n) is 2.91. The first-order chi connectivity index (χ1) is 8.16. The number of hydrogen-bond acceptors (Lipinski definition) is 3. The normalized spacial score (nSPS) is 21.8. The van der Waals surface area contributed by atoms with Gasteiger partial charge in [0.1, 0.15) is 11.9 Å². The quantitative estimate of drug-likeness (QED) is 0.873. The Bertz CT molecular complexity index is 339. The van der Waals surface area contributed by atoms with Crippen molar-refractivity contribution >= 4 is 0 Å². The van der Waals surface area contributed by atoms with E-state index < -0.39 is 6.10 Å². The lowest BCUT2D eigenvalue weighted by Gasteiger charge is -2.18. The van der Waals surface area contributed by atoms with Crippen LogP contribution >= 0.6 is 0 Å². The summed E-state index contributed by atoms with van der Waals surface area (Å²) in [4.78, 5) is 0. The van der Waals surface area contributed by atoms with Crippen LogP contribution in [0.25, 0.3) is 0 Å². The van der Waals surface area contributed by atoms with Crippen molar-refractivity contribution in [2.24, 2.45) is 0 Å². The van der Waals surface area contributed by atoms with Crippen LogP contribution in [0.2, 0.25) is 0 Å². The average Bonchev–Trinajstić information content (AvgIpc) is 2.82. The molecule has 1 fully saturated rings. The number of aliphatic hydroxyl groups excluding tert-OH is 1. The molecule has 0 bridgehead atoms. The van der Waals surface area contributed by atoms with Crippen LogP contribution in [0, 0.1) is 0 Å². The minimum atomic E-state index is -0.523. The van der Waals surface area contributed by atoms with Gasteiger partial charge in [0.15, 0.2) is 0 Å². The summed E-state index contributed by atoms with van der Waals surface area (Å²) < 4.78 is 11.0. The van der Waals surface area contributed by atoms with Crippen LogP contribution in [0.1, 0.15) is 38.4 Å². The van der Waals surface area contributed by atoms with Gasteiger partial charge in [-0.3, -0.25) is 0 Å². The highest BCUT2D eigenvalue weighted by molar-refractivity contribution is 5.29. The van der Waals surface area contributed by atoms with E-state index in [4.69, 9.17) is 9.47 Å². The average molecular weight is 236 g/mol. The lowest BCUT2D eigenvalue weighted by atomic mass is 10.0. The monoisotopic (exact) mass is 236 g/mol. The summed E-state index contributed by atoms with van der Waals surface area (Å²) in [6, 6.07) is 7.61. The molecular formula is C14H20O3. The van der Waals surface area contributed by atoms with Crippen LogP contribution in [0.15, 0.2) is 24.3 Å². The molecule has 3 heteroatoms. The van der Waals surface area contributed by atoms with E-state index in [9.17, 15) is 5.11 Å². The first kappa shape index (κ1) is 12.4. The molecule has 1 N–H and O–H groups in total. The molecule has 1 aromatic carbocycles. The second-order valence-corrected chi connectivity index (χ2v) is 4.73. The Morgan fingerprint density at radius 2 is 2.00 bits per heavy atom. The predicted octanol–water partition coefficient (Wildman–Crippen LogP) is 2.69. The number of ether oxygens (including phenoxy) is 2. The molecule has 1 aliphatic rings. The second-order valence-electron chi connectivity index (χ2n) is 4.73. The molecule has 2 unspecified atom stereocenters. The summed E-state index contributed by atoms with van der Waals surface area (Å²) in [5.41, 5.74) is 0.896. The third kappa shape index (κ3) is 3.20. The standard InChI is InChI=1S/C14H20O3/c1-10(2)17-12-7-5-11(6-8-12)14(15)13-4-3-9-16-13/h5-8,10,13-15H,3-4,9H2,1-2H3. The molecule has 2 atom stereocenters. The molecule has 1 heterocycles. The SMILES string of the molecule is CC(C)Oc1ccc(C(O)C2CCCO2)cc1. The molecule has 1 saturated heterocycles. The smallest absolute Gasteiger partial charge is 0.119 e. The molecule has 17 heavy (non-hydrogen) atoms. The van der Waals surface area contributed by atoms with Gasteiger partial charge >= 0.3 is 0 Å². The molecule has 1 aliphatic heterocycles. The van der Waals surface area contributed by atoms with Gasteiger partial charge in [-0.05, 0) is 44.4 Å². The van der Waals surface area contributed by atoms with Crippen molar-refractivity contribution in [3.63, 3.8) is 0 Å². The zero-order valence-electron chi connectivity index (χ0n) is 10.4. The van der Waals surface area contributed by atoms with Crippen LogP contribution in [0.5, 0.6) is 5.75 Å². The fourth-order valence-corrected chi connectivity index (χ4v) is 2.08. The number of hydrogen-bond donors (Lipinski definition) is 1.